The van der Waals surface area contributed by atoms with Gasteiger partial charge in [-0.1, -0.05) is 24.6 Å². The van der Waals surface area contributed by atoms with Crippen LogP contribution in [0.2, 0.25) is 0 Å². The van der Waals surface area contributed by atoms with Gasteiger partial charge in [0, 0.05) is 6.54 Å². The van der Waals surface area contributed by atoms with E-state index in [9.17, 15) is 17.6 Å². The van der Waals surface area contributed by atoms with Crippen LogP contribution in [0.15, 0.2) is 23.8 Å². The van der Waals surface area contributed by atoms with Crippen LogP contribution in [-0.4, -0.2) is 6.54 Å². The molecular weight excluding hydrogens is 234 g/mol. The molecule has 0 spiro atoms. The first kappa shape index (κ1) is 13.7. The number of rotatable bonds is 3. The van der Waals surface area contributed by atoms with E-state index in [1.165, 1.54) is 6.07 Å². The van der Waals surface area contributed by atoms with Gasteiger partial charge in [-0.25, -0.2) is 4.39 Å². The van der Waals surface area contributed by atoms with E-state index < -0.39 is 17.6 Å². The number of nitrogens with two attached hydrogens (primary N) is 1. The summed E-state index contributed by atoms with van der Waals surface area (Å²) in [6.07, 6.45) is -2.48. The lowest BCUT2D eigenvalue weighted by molar-refractivity contribution is -0.140. The van der Waals surface area contributed by atoms with Gasteiger partial charge in [0.05, 0.1) is 5.56 Å². The molecule has 94 valence electrons. The zero-order valence-electron chi connectivity index (χ0n) is 9.31. The Morgan fingerprint density at radius 3 is 2.47 bits per heavy atom. The number of hydrogen-bond donors (Lipinski definition) is 1. The molecule has 0 unspecified atom stereocenters. The first-order chi connectivity index (χ1) is 7.88. The van der Waals surface area contributed by atoms with Crippen LogP contribution in [0.25, 0.3) is 6.08 Å². The first-order valence-electron chi connectivity index (χ1n) is 5.14. The molecule has 0 radical (unpaired) electrons. The van der Waals surface area contributed by atoms with Crippen LogP contribution in [0.4, 0.5) is 17.6 Å². The van der Waals surface area contributed by atoms with Crippen molar-refractivity contribution in [3.8, 4) is 0 Å². The average Bonchev–Trinajstić information content (AvgIpc) is 2.26. The first-order valence-corrected chi connectivity index (χ1v) is 5.14. The molecule has 0 saturated carbocycles. The number of halogens is 4. The molecule has 5 heteroatoms. The maximum atomic E-state index is 13.0. The molecule has 0 fully saturated rings. The second-order valence-electron chi connectivity index (χ2n) is 3.60. The number of benzene rings is 1. The van der Waals surface area contributed by atoms with Crippen molar-refractivity contribution in [2.75, 3.05) is 6.54 Å². The van der Waals surface area contributed by atoms with Crippen LogP contribution >= 0.6 is 0 Å². The van der Waals surface area contributed by atoms with E-state index in [2.05, 4.69) is 0 Å². The number of alkyl halides is 3. The third kappa shape index (κ3) is 3.56. The van der Waals surface area contributed by atoms with E-state index in [-0.39, 0.29) is 6.54 Å². The fourth-order valence-corrected chi connectivity index (χ4v) is 1.39. The standard InChI is InChI=1S/C12H13F4N/c1-2-8(7-17)5-9-3-4-11(13)10(6-9)12(14,15)16/h3-6H,2,7,17H2,1H3/b8-5-. The molecular formula is C12H13F4N. The summed E-state index contributed by atoms with van der Waals surface area (Å²) < 4.78 is 50.3. The van der Waals surface area contributed by atoms with E-state index in [0.717, 1.165) is 17.7 Å². The molecule has 0 aliphatic carbocycles. The normalized spacial score (nSPS) is 12.9. The molecule has 0 aromatic heterocycles. The minimum Gasteiger partial charge on any atom is -0.327 e. The Morgan fingerprint density at radius 2 is 2.00 bits per heavy atom. The van der Waals surface area contributed by atoms with Gasteiger partial charge in [-0.3, -0.25) is 0 Å². The Bertz CT molecular complexity index is 415. The van der Waals surface area contributed by atoms with Gasteiger partial charge in [-0.15, -0.1) is 0 Å². The summed E-state index contributed by atoms with van der Waals surface area (Å²) in [7, 11) is 0. The molecule has 0 atom stereocenters. The van der Waals surface area contributed by atoms with Crippen molar-refractivity contribution >= 4 is 6.08 Å². The predicted molar refractivity (Wildman–Crippen MR) is 58.7 cm³/mol. The van der Waals surface area contributed by atoms with Crippen LogP contribution < -0.4 is 5.73 Å². The van der Waals surface area contributed by atoms with Crippen LogP contribution in [0.3, 0.4) is 0 Å². The van der Waals surface area contributed by atoms with Gasteiger partial charge < -0.3 is 5.73 Å². The summed E-state index contributed by atoms with van der Waals surface area (Å²) in [5, 5.41) is 0. The third-order valence-electron chi connectivity index (χ3n) is 2.38. The molecule has 1 nitrogen and oxygen atoms in total. The van der Waals surface area contributed by atoms with Crippen molar-refractivity contribution in [3.05, 3.63) is 40.7 Å². The van der Waals surface area contributed by atoms with Crippen LogP contribution in [0.1, 0.15) is 24.5 Å². The van der Waals surface area contributed by atoms with Crippen molar-refractivity contribution in [2.24, 2.45) is 5.73 Å². The Hall–Kier alpha value is -1.36. The summed E-state index contributed by atoms with van der Waals surface area (Å²) >= 11 is 0. The highest BCUT2D eigenvalue weighted by Gasteiger charge is 2.33. The van der Waals surface area contributed by atoms with Gasteiger partial charge in [-0.05, 0) is 24.1 Å². The van der Waals surface area contributed by atoms with Crippen molar-refractivity contribution in [3.63, 3.8) is 0 Å². The average molecular weight is 247 g/mol. The fourth-order valence-electron chi connectivity index (χ4n) is 1.39. The summed E-state index contributed by atoms with van der Waals surface area (Å²) in [6, 6.07) is 2.91. The van der Waals surface area contributed by atoms with Gasteiger partial charge in [0.1, 0.15) is 5.82 Å². The lowest BCUT2D eigenvalue weighted by Gasteiger charge is -2.09. The Balaban J connectivity index is 3.18. The van der Waals surface area contributed by atoms with Gasteiger partial charge in [0.15, 0.2) is 0 Å². The molecule has 1 rings (SSSR count). The summed E-state index contributed by atoms with van der Waals surface area (Å²) in [4.78, 5) is 0. The molecule has 1 aromatic carbocycles. The fraction of sp³-hybridized carbons (Fsp3) is 0.333. The monoisotopic (exact) mass is 247 g/mol. The Morgan fingerprint density at radius 1 is 1.35 bits per heavy atom. The van der Waals surface area contributed by atoms with Crippen LogP contribution in [0.5, 0.6) is 0 Å². The summed E-state index contributed by atoms with van der Waals surface area (Å²) in [6.45, 7) is 2.13. The molecule has 0 aliphatic rings. The molecule has 0 aliphatic heterocycles. The van der Waals surface area contributed by atoms with Crippen molar-refractivity contribution in [2.45, 2.75) is 19.5 Å². The van der Waals surface area contributed by atoms with Crippen LogP contribution in [0, 0.1) is 5.82 Å². The number of hydrogen-bond acceptors (Lipinski definition) is 1. The van der Waals surface area contributed by atoms with Gasteiger partial charge >= 0.3 is 6.18 Å². The van der Waals surface area contributed by atoms with E-state index in [0.29, 0.717) is 12.0 Å². The second-order valence-corrected chi connectivity index (χ2v) is 3.60. The van der Waals surface area contributed by atoms with Crippen molar-refractivity contribution in [1.29, 1.82) is 0 Å². The molecule has 0 amide bonds. The third-order valence-corrected chi connectivity index (χ3v) is 2.38. The summed E-state index contributed by atoms with van der Waals surface area (Å²) in [5.41, 5.74) is 5.29. The second kappa shape index (κ2) is 5.31. The van der Waals surface area contributed by atoms with E-state index in [4.69, 9.17) is 5.73 Å². The smallest absolute Gasteiger partial charge is 0.327 e. The molecule has 0 bridgehead atoms. The topological polar surface area (TPSA) is 26.0 Å². The molecule has 2 N–H and O–H groups in total. The minimum absolute atomic E-state index is 0.273. The van der Waals surface area contributed by atoms with Crippen LogP contribution in [-0.2, 0) is 6.18 Å². The van der Waals surface area contributed by atoms with Gasteiger partial charge in [0.25, 0.3) is 0 Å². The molecule has 0 heterocycles. The molecule has 0 saturated heterocycles. The lowest BCUT2D eigenvalue weighted by atomic mass is 10.1. The Kier molecular flexibility index (Phi) is 4.28. The molecule has 1 aromatic rings. The maximum absolute atomic E-state index is 13.0. The zero-order chi connectivity index (χ0) is 13.1. The van der Waals surface area contributed by atoms with Crippen molar-refractivity contribution < 1.29 is 17.6 Å². The lowest BCUT2D eigenvalue weighted by Crippen LogP contribution is -2.08. The molecule has 17 heavy (non-hydrogen) atoms. The highest BCUT2D eigenvalue weighted by Crippen LogP contribution is 2.32. The quantitative estimate of drug-likeness (QED) is 0.811. The largest absolute Gasteiger partial charge is 0.419 e. The van der Waals surface area contributed by atoms with Gasteiger partial charge in [-0.2, -0.15) is 13.2 Å². The Labute approximate surface area is 96.9 Å². The van der Waals surface area contributed by atoms with Crippen molar-refractivity contribution in [1.82, 2.24) is 0 Å². The minimum atomic E-state index is -4.68. The summed E-state index contributed by atoms with van der Waals surface area (Å²) in [5.74, 6) is -1.26. The van der Waals surface area contributed by atoms with E-state index in [1.807, 2.05) is 6.92 Å². The highest BCUT2D eigenvalue weighted by atomic mass is 19.4. The maximum Gasteiger partial charge on any atom is 0.419 e. The SMILES string of the molecule is CC/C(=C/c1ccc(F)c(C(F)(F)F)c1)CN. The zero-order valence-corrected chi connectivity index (χ0v) is 9.31. The van der Waals surface area contributed by atoms with E-state index in [1.54, 1.807) is 6.08 Å². The van der Waals surface area contributed by atoms with Gasteiger partial charge in [0.2, 0.25) is 0 Å². The predicted octanol–water partition coefficient (Wildman–Crippen LogP) is 3.60. The highest BCUT2D eigenvalue weighted by molar-refractivity contribution is 5.54. The van der Waals surface area contributed by atoms with E-state index >= 15 is 0 Å².